The molecule has 0 spiro atoms. The number of nitrogens with one attached hydrogen (secondary N) is 3. The Morgan fingerprint density at radius 3 is 1.57 bits per heavy atom. The van der Waals surface area contributed by atoms with Crippen LogP contribution in [0.2, 0.25) is 10.0 Å². The van der Waals surface area contributed by atoms with E-state index in [1.165, 1.54) is 0 Å². The molecule has 4 aromatic carbocycles. The number of nitrogens with two attached hydrogens (primary N) is 1. The van der Waals surface area contributed by atoms with E-state index in [1.54, 1.807) is 13.8 Å². The third-order valence-electron chi connectivity index (χ3n) is 12.9. The lowest BCUT2D eigenvalue weighted by Gasteiger charge is -2.18. The van der Waals surface area contributed by atoms with Gasteiger partial charge < -0.3 is 39.9 Å². The molecular formula is C52H42Cl2F3N11O6. The number of fused-ring (bicyclic) bond motifs is 2. The molecule has 2 aliphatic carbocycles. The maximum Gasteiger partial charge on any atom is 0.417 e. The minimum absolute atomic E-state index is 0.171. The molecule has 0 atom stereocenters. The molecule has 0 unspecified atom stereocenters. The lowest BCUT2D eigenvalue weighted by atomic mass is 10.1. The van der Waals surface area contributed by atoms with E-state index in [9.17, 15) is 32.3 Å². The Balaban J connectivity index is 0.000000175. The monoisotopic (exact) mass is 1040 g/mol. The Labute approximate surface area is 428 Å². The molecule has 11 rings (SSSR count). The number of aromatic nitrogens is 7. The van der Waals surface area contributed by atoms with Gasteiger partial charge in [-0.25, -0.2) is 0 Å². The smallest absolute Gasteiger partial charge is 0.369 e. The highest BCUT2D eigenvalue weighted by molar-refractivity contribution is 6.39. The summed E-state index contributed by atoms with van der Waals surface area (Å²) >= 11 is 13.5. The molecule has 2 fully saturated rings. The number of carbonyl (C=O) groups excluding carboxylic acids is 4. The van der Waals surface area contributed by atoms with Gasteiger partial charge in [-0.15, -0.1) is 0 Å². The SMILES string of the molecule is Cc1noc(-c2c(Cl)c3ccccc3n2-c2ccc(CNC(=O)C3(C(N)=O)CC3)cc2)n1.Cc1noc(-c2c(Cl)c3ccccc3n2-c2ccc(CNC(=O)C3(NC(=O)c4cncc(C(F)(F)F)c4)CC3)cc2)n1. The van der Waals surface area contributed by atoms with Gasteiger partial charge in [-0.05, 0) is 93.1 Å². The second-order valence-corrected chi connectivity index (χ2v) is 18.7. The number of rotatable bonds is 13. The first-order valence-electron chi connectivity index (χ1n) is 23.1. The molecule has 2 saturated carbocycles. The van der Waals surface area contributed by atoms with Crippen molar-refractivity contribution in [3.63, 3.8) is 0 Å². The van der Waals surface area contributed by atoms with E-state index < -0.39 is 40.4 Å². The number of carbonyl (C=O) groups is 4. The summed E-state index contributed by atoms with van der Waals surface area (Å²) in [6.45, 7) is 3.94. The molecule has 5 N–H and O–H groups in total. The molecule has 0 aliphatic heterocycles. The van der Waals surface area contributed by atoms with Crippen molar-refractivity contribution in [1.29, 1.82) is 0 Å². The number of alkyl halides is 3. The van der Waals surface area contributed by atoms with Crippen molar-refractivity contribution in [3.05, 3.63) is 159 Å². The number of para-hydroxylation sites is 2. The van der Waals surface area contributed by atoms with E-state index >= 15 is 0 Å². The molecule has 5 aromatic heterocycles. The lowest BCUT2D eigenvalue weighted by Crippen LogP contribution is -2.48. The number of amides is 4. The van der Waals surface area contributed by atoms with Crippen molar-refractivity contribution in [2.75, 3.05) is 0 Å². The molecule has 376 valence electrons. The van der Waals surface area contributed by atoms with Gasteiger partial charge in [-0.2, -0.15) is 23.1 Å². The standard InChI is InChI=1S/C29H22ClF3N6O3.C23H20ClN5O3/c1-16-36-26(42-38-16)24-23(30)21-4-2-3-5-22(21)39(24)20-8-6-17(7-9-20)13-35-27(41)28(10-11-28)37-25(40)18-12-19(15-34-14-18)29(31,32)33;1-13-27-20(32-28-13)19-18(24)16-4-2-3-5-17(16)29(19)15-8-6-14(7-9-15)12-26-22(31)23(10-11-23)21(25)30/h2-9,12,14-15H,10-11,13H2,1H3,(H,35,41)(H,37,40);2-9H,10-12H2,1H3,(H2,25,30)(H,26,31). The molecule has 22 heteroatoms. The van der Waals surface area contributed by atoms with Crippen LogP contribution in [0.4, 0.5) is 13.2 Å². The van der Waals surface area contributed by atoms with Gasteiger partial charge in [0.15, 0.2) is 11.6 Å². The quantitative estimate of drug-likeness (QED) is 0.0796. The zero-order chi connectivity index (χ0) is 52.1. The molecule has 5 heterocycles. The normalized spacial score (nSPS) is 14.3. The first-order valence-corrected chi connectivity index (χ1v) is 23.8. The first kappa shape index (κ1) is 49.2. The van der Waals surface area contributed by atoms with Crippen molar-refractivity contribution in [1.82, 2.24) is 50.3 Å². The van der Waals surface area contributed by atoms with E-state index in [0.717, 1.165) is 50.5 Å². The zero-order valence-electron chi connectivity index (χ0n) is 39.3. The Kier molecular flexibility index (Phi) is 12.8. The summed E-state index contributed by atoms with van der Waals surface area (Å²) in [6, 6.07) is 31.2. The van der Waals surface area contributed by atoms with E-state index in [-0.39, 0.29) is 23.9 Å². The number of primary amides is 1. The Morgan fingerprint density at radius 1 is 0.676 bits per heavy atom. The largest absolute Gasteiger partial charge is 0.417 e. The van der Waals surface area contributed by atoms with Crippen LogP contribution in [0.3, 0.4) is 0 Å². The molecule has 17 nitrogen and oxygen atoms in total. The molecule has 4 amide bonds. The fraction of sp³-hybridized carbons (Fsp3) is 0.212. The van der Waals surface area contributed by atoms with Gasteiger partial charge in [-0.1, -0.05) is 94.2 Å². The number of nitrogens with zero attached hydrogens (tertiary/aromatic N) is 7. The minimum atomic E-state index is -4.64. The van der Waals surface area contributed by atoms with Crippen LogP contribution in [-0.4, -0.2) is 63.6 Å². The topological polar surface area (TPSA) is 231 Å². The van der Waals surface area contributed by atoms with Crippen LogP contribution in [0.15, 0.2) is 125 Å². The molecular weight excluding hydrogens is 1000 g/mol. The Hall–Kier alpha value is -8.36. The van der Waals surface area contributed by atoms with Gasteiger partial charge in [0.25, 0.3) is 17.7 Å². The second kappa shape index (κ2) is 19.2. The highest BCUT2D eigenvalue weighted by Crippen LogP contribution is 2.46. The fourth-order valence-electron chi connectivity index (χ4n) is 8.58. The molecule has 0 bridgehead atoms. The Morgan fingerprint density at radius 2 is 1.15 bits per heavy atom. The van der Waals surface area contributed by atoms with Crippen LogP contribution in [0.25, 0.3) is 56.3 Å². The zero-order valence-corrected chi connectivity index (χ0v) is 40.8. The number of hydrogen-bond donors (Lipinski definition) is 4. The first-order chi connectivity index (χ1) is 35.5. The highest BCUT2D eigenvalue weighted by Gasteiger charge is 2.55. The molecule has 0 saturated heterocycles. The highest BCUT2D eigenvalue weighted by atomic mass is 35.5. The second-order valence-electron chi connectivity index (χ2n) is 18.0. The van der Waals surface area contributed by atoms with Gasteiger partial charge in [0.2, 0.25) is 17.7 Å². The van der Waals surface area contributed by atoms with Crippen molar-refractivity contribution >= 4 is 68.6 Å². The van der Waals surface area contributed by atoms with Crippen LogP contribution in [0, 0.1) is 19.3 Å². The van der Waals surface area contributed by atoms with E-state index in [4.69, 9.17) is 38.0 Å². The fourth-order valence-corrected chi connectivity index (χ4v) is 9.23. The summed E-state index contributed by atoms with van der Waals surface area (Å²) in [7, 11) is 0. The third kappa shape index (κ3) is 9.44. The molecule has 0 radical (unpaired) electrons. The van der Waals surface area contributed by atoms with Gasteiger partial charge in [0, 0.05) is 47.6 Å². The number of aryl methyl sites for hydroxylation is 2. The van der Waals surface area contributed by atoms with Crippen LogP contribution >= 0.6 is 23.2 Å². The van der Waals surface area contributed by atoms with Crippen molar-refractivity contribution in [2.45, 2.75) is 64.3 Å². The van der Waals surface area contributed by atoms with Gasteiger partial charge in [0.05, 0.1) is 32.2 Å². The van der Waals surface area contributed by atoms with Crippen molar-refractivity contribution in [3.8, 4) is 34.5 Å². The summed E-state index contributed by atoms with van der Waals surface area (Å²) in [4.78, 5) is 61.7. The van der Waals surface area contributed by atoms with Crippen LogP contribution in [0.5, 0.6) is 0 Å². The van der Waals surface area contributed by atoms with E-state index in [1.807, 2.05) is 106 Å². The maximum absolute atomic E-state index is 13.0. The van der Waals surface area contributed by atoms with Crippen LogP contribution in [0.1, 0.15) is 64.4 Å². The summed E-state index contributed by atoms with van der Waals surface area (Å²) in [6.07, 6.45) is -1.21. The van der Waals surface area contributed by atoms with Gasteiger partial charge in [-0.3, -0.25) is 24.2 Å². The van der Waals surface area contributed by atoms with E-state index in [0.29, 0.717) is 83.5 Å². The minimum Gasteiger partial charge on any atom is -0.369 e. The Bertz CT molecular complexity index is 3650. The van der Waals surface area contributed by atoms with Gasteiger partial charge >= 0.3 is 6.18 Å². The number of benzene rings is 4. The molecule has 2 aliphatic rings. The van der Waals surface area contributed by atoms with Crippen molar-refractivity contribution in [2.24, 2.45) is 11.1 Å². The average molecular weight is 1040 g/mol. The third-order valence-corrected chi connectivity index (χ3v) is 13.7. The predicted octanol–water partition coefficient (Wildman–Crippen LogP) is 9.16. The number of pyridine rings is 1. The van der Waals surface area contributed by atoms with Crippen LogP contribution in [-0.2, 0) is 33.6 Å². The van der Waals surface area contributed by atoms with E-state index in [2.05, 4.69) is 41.2 Å². The average Bonchev–Trinajstić information content (AvgIpc) is 4.22. The predicted molar refractivity (Wildman–Crippen MR) is 266 cm³/mol. The van der Waals surface area contributed by atoms with Gasteiger partial charge in [0.1, 0.15) is 22.3 Å². The van der Waals surface area contributed by atoms with Crippen LogP contribution < -0.4 is 21.7 Å². The maximum atomic E-state index is 13.0. The summed E-state index contributed by atoms with van der Waals surface area (Å²) in [5, 5.41) is 18.7. The van der Waals surface area contributed by atoms with Crippen molar-refractivity contribution < 1.29 is 41.4 Å². The summed E-state index contributed by atoms with van der Waals surface area (Å²) in [5.41, 5.74) is 8.08. The molecule has 74 heavy (non-hydrogen) atoms. The number of hydrogen-bond acceptors (Lipinski definition) is 11. The lowest BCUT2D eigenvalue weighted by molar-refractivity contribution is -0.138. The molecule has 9 aromatic rings. The summed E-state index contributed by atoms with van der Waals surface area (Å²) < 4.78 is 53.8. The number of halogens is 5. The summed E-state index contributed by atoms with van der Waals surface area (Å²) in [5.74, 6) is -0.489.